The quantitative estimate of drug-likeness (QED) is 0.810. The summed E-state index contributed by atoms with van der Waals surface area (Å²) in [6.45, 7) is 0. The molecule has 94 valence electrons. The lowest BCUT2D eigenvalue weighted by atomic mass is 10.1. The summed E-state index contributed by atoms with van der Waals surface area (Å²) < 4.78 is 42.1. The van der Waals surface area contributed by atoms with Crippen molar-refractivity contribution in [1.29, 1.82) is 0 Å². The summed E-state index contributed by atoms with van der Waals surface area (Å²) >= 11 is 0. The first-order valence-electron chi connectivity index (χ1n) is 5.00. The van der Waals surface area contributed by atoms with Crippen LogP contribution in [0.5, 0.6) is 5.75 Å². The predicted octanol–water partition coefficient (Wildman–Crippen LogP) is 2.21. The Morgan fingerprint density at radius 1 is 0.944 bits per heavy atom. The summed E-state index contributed by atoms with van der Waals surface area (Å²) in [5, 5.41) is 18.1. The minimum Gasteiger partial charge on any atom is -0.512 e. The second kappa shape index (κ2) is 4.51. The molecule has 0 bridgehead atoms. The van der Waals surface area contributed by atoms with Crippen LogP contribution in [-0.2, 0) is 6.18 Å². The fraction of sp³-hybridized carbons (Fsp3) is 0.0909. The molecule has 3 nitrogen and oxygen atoms in total. The Hall–Kier alpha value is -1.73. The summed E-state index contributed by atoms with van der Waals surface area (Å²) in [5.41, 5.74) is -0.767. The Labute approximate surface area is 101 Å². The van der Waals surface area contributed by atoms with Gasteiger partial charge in [-0.2, -0.15) is 13.2 Å². The topological polar surface area (TPSA) is 49.7 Å². The van der Waals surface area contributed by atoms with Gasteiger partial charge in [0.25, 0.3) is 0 Å². The van der Waals surface area contributed by atoms with Crippen molar-refractivity contribution in [3.8, 4) is 5.75 Å². The Morgan fingerprint density at radius 3 is 2.22 bits per heavy atom. The smallest absolute Gasteiger partial charge is 0.512 e. The molecule has 2 aromatic rings. The first kappa shape index (κ1) is 12.7. The van der Waals surface area contributed by atoms with Gasteiger partial charge in [0.1, 0.15) is 5.75 Å². The number of rotatable bonds is 2. The molecule has 2 N–H and O–H groups in total. The van der Waals surface area contributed by atoms with Crippen LogP contribution in [0.3, 0.4) is 0 Å². The Bertz CT molecular complexity index is 569. The largest absolute Gasteiger partial charge is 0.707 e. The Kier molecular flexibility index (Phi) is 3.19. The zero-order chi connectivity index (χ0) is 13.3. The zero-order valence-electron chi connectivity index (χ0n) is 8.98. The van der Waals surface area contributed by atoms with Crippen LogP contribution in [0.15, 0.2) is 36.4 Å². The number of halogens is 3. The van der Waals surface area contributed by atoms with Crippen LogP contribution in [0.4, 0.5) is 13.2 Å². The van der Waals surface area contributed by atoms with E-state index in [9.17, 15) is 13.2 Å². The van der Waals surface area contributed by atoms with Crippen LogP contribution in [0.1, 0.15) is 5.56 Å². The SMILES string of the molecule is OB(O)Oc1ccc2ccc(C(F)(F)F)cc2c1. The van der Waals surface area contributed by atoms with E-state index < -0.39 is 19.1 Å². The van der Waals surface area contributed by atoms with E-state index >= 15 is 0 Å². The van der Waals surface area contributed by atoms with Gasteiger partial charge in [-0.05, 0) is 35.0 Å². The summed E-state index contributed by atoms with van der Waals surface area (Å²) in [6.07, 6.45) is -4.42. The highest BCUT2D eigenvalue weighted by Crippen LogP contribution is 2.32. The molecular formula is C11H8BF3O3. The van der Waals surface area contributed by atoms with E-state index in [-0.39, 0.29) is 5.75 Å². The third-order valence-corrected chi connectivity index (χ3v) is 2.38. The number of alkyl halides is 3. The fourth-order valence-corrected chi connectivity index (χ4v) is 1.60. The Morgan fingerprint density at radius 2 is 1.61 bits per heavy atom. The van der Waals surface area contributed by atoms with Crippen LogP contribution < -0.4 is 4.65 Å². The molecule has 2 rings (SSSR count). The van der Waals surface area contributed by atoms with E-state index in [1.54, 1.807) is 0 Å². The molecule has 0 aliphatic heterocycles. The van der Waals surface area contributed by atoms with E-state index in [0.717, 1.165) is 12.1 Å². The van der Waals surface area contributed by atoms with Crippen molar-refractivity contribution in [2.75, 3.05) is 0 Å². The number of benzene rings is 2. The monoisotopic (exact) mass is 256 g/mol. The van der Waals surface area contributed by atoms with Crippen LogP contribution in [0.2, 0.25) is 0 Å². The minimum atomic E-state index is -4.42. The third-order valence-electron chi connectivity index (χ3n) is 2.38. The van der Waals surface area contributed by atoms with Gasteiger partial charge in [-0.25, -0.2) is 0 Å². The summed E-state index contributed by atoms with van der Waals surface area (Å²) in [4.78, 5) is 0. The molecule has 0 fully saturated rings. The van der Waals surface area contributed by atoms with Crippen molar-refractivity contribution in [1.82, 2.24) is 0 Å². The summed E-state index contributed by atoms with van der Waals surface area (Å²) in [5.74, 6) is 0.0804. The highest BCUT2D eigenvalue weighted by Gasteiger charge is 2.30. The summed E-state index contributed by atoms with van der Waals surface area (Å²) in [6, 6.07) is 7.60. The maximum absolute atomic E-state index is 12.5. The molecule has 0 heterocycles. The van der Waals surface area contributed by atoms with Gasteiger partial charge in [0.2, 0.25) is 0 Å². The standard InChI is InChI=1S/C11H8BF3O3/c13-11(14,15)9-3-1-7-2-4-10(18-12(16)17)6-8(7)5-9/h1-6,16-17H. The Balaban J connectivity index is 2.46. The molecule has 0 saturated heterocycles. The molecule has 0 unspecified atom stereocenters. The molecule has 0 atom stereocenters. The lowest BCUT2D eigenvalue weighted by Crippen LogP contribution is -2.20. The van der Waals surface area contributed by atoms with Crippen LogP contribution in [0, 0.1) is 0 Å². The summed E-state index contributed by atoms with van der Waals surface area (Å²) in [7, 11) is -2.01. The van der Waals surface area contributed by atoms with Gasteiger partial charge in [-0.3, -0.25) is 0 Å². The second-order valence-electron chi connectivity index (χ2n) is 3.67. The van der Waals surface area contributed by atoms with Crippen LogP contribution >= 0.6 is 0 Å². The van der Waals surface area contributed by atoms with E-state index in [1.807, 2.05) is 0 Å². The molecule has 18 heavy (non-hydrogen) atoms. The molecule has 0 aliphatic carbocycles. The molecular weight excluding hydrogens is 248 g/mol. The lowest BCUT2D eigenvalue weighted by molar-refractivity contribution is -0.137. The fourth-order valence-electron chi connectivity index (χ4n) is 1.60. The van der Waals surface area contributed by atoms with Crippen molar-refractivity contribution in [2.45, 2.75) is 6.18 Å². The maximum Gasteiger partial charge on any atom is 0.707 e. The molecule has 0 aromatic heterocycles. The molecule has 0 aliphatic rings. The highest BCUT2D eigenvalue weighted by atomic mass is 19.4. The van der Waals surface area contributed by atoms with Gasteiger partial charge in [0, 0.05) is 0 Å². The van der Waals surface area contributed by atoms with Crippen LogP contribution in [0.25, 0.3) is 10.8 Å². The van der Waals surface area contributed by atoms with Crippen molar-refractivity contribution in [3.63, 3.8) is 0 Å². The van der Waals surface area contributed by atoms with Crippen molar-refractivity contribution < 1.29 is 27.9 Å². The van der Waals surface area contributed by atoms with Crippen LogP contribution in [-0.4, -0.2) is 17.4 Å². The zero-order valence-corrected chi connectivity index (χ0v) is 8.98. The van der Waals surface area contributed by atoms with Gasteiger partial charge in [0.15, 0.2) is 0 Å². The highest BCUT2D eigenvalue weighted by molar-refractivity contribution is 6.33. The van der Waals surface area contributed by atoms with Gasteiger partial charge in [-0.15, -0.1) is 0 Å². The maximum atomic E-state index is 12.5. The average molecular weight is 256 g/mol. The number of hydrogen-bond acceptors (Lipinski definition) is 3. The molecule has 2 aromatic carbocycles. The van der Waals surface area contributed by atoms with Gasteiger partial charge in [-0.1, -0.05) is 12.1 Å². The predicted molar refractivity (Wildman–Crippen MR) is 59.8 cm³/mol. The molecule has 0 spiro atoms. The van der Waals surface area contributed by atoms with Gasteiger partial charge < -0.3 is 14.7 Å². The number of hydrogen-bond donors (Lipinski definition) is 2. The first-order valence-corrected chi connectivity index (χ1v) is 5.00. The van der Waals surface area contributed by atoms with E-state index in [2.05, 4.69) is 4.65 Å². The minimum absolute atomic E-state index is 0.0804. The van der Waals surface area contributed by atoms with E-state index in [1.165, 1.54) is 24.3 Å². The van der Waals surface area contributed by atoms with Crippen molar-refractivity contribution >= 4 is 18.1 Å². The lowest BCUT2D eigenvalue weighted by Gasteiger charge is -2.09. The molecule has 7 heteroatoms. The molecule has 0 amide bonds. The van der Waals surface area contributed by atoms with Gasteiger partial charge in [0.05, 0.1) is 5.56 Å². The van der Waals surface area contributed by atoms with Crippen molar-refractivity contribution in [3.05, 3.63) is 42.0 Å². The normalized spacial score (nSPS) is 11.6. The second-order valence-corrected chi connectivity index (χ2v) is 3.67. The van der Waals surface area contributed by atoms with Gasteiger partial charge >= 0.3 is 13.5 Å². The third kappa shape index (κ3) is 2.74. The first-order chi connectivity index (χ1) is 8.36. The number of fused-ring (bicyclic) bond motifs is 1. The van der Waals surface area contributed by atoms with E-state index in [0.29, 0.717) is 10.8 Å². The molecule has 0 radical (unpaired) electrons. The van der Waals surface area contributed by atoms with Crippen molar-refractivity contribution in [2.24, 2.45) is 0 Å². The average Bonchev–Trinajstić information content (AvgIpc) is 2.26. The molecule has 0 saturated carbocycles. The van der Waals surface area contributed by atoms with E-state index in [4.69, 9.17) is 10.0 Å².